The zero-order valence-electron chi connectivity index (χ0n) is 7.11. The summed E-state index contributed by atoms with van der Waals surface area (Å²) in [6, 6.07) is 0. The van der Waals surface area contributed by atoms with Gasteiger partial charge in [0.2, 0.25) is 8.27 Å². The van der Waals surface area contributed by atoms with E-state index in [9.17, 15) is 0 Å². The third-order valence-corrected chi connectivity index (χ3v) is 5.31. The second kappa shape index (κ2) is 5.13. The van der Waals surface area contributed by atoms with E-state index in [1.165, 1.54) is 0 Å². The van der Waals surface area contributed by atoms with Gasteiger partial charge >= 0.3 is 0 Å². The van der Waals surface area contributed by atoms with Crippen molar-refractivity contribution in [3.63, 3.8) is 0 Å². The van der Waals surface area contributed by atoms with Crippen molar-refractivity contribution < 1.29 is 0 Å². The van der Waals surface area contributed by atoms with Crippen molar-refractivity contribution in [1.29, 1.82) is 0 Å². The molecule has 0 aliphatic heterocycles. The summed E-state index contributed by atoms with van der Waals surface area (Å²) in [5.41, 5.74) is 0.609. The van der Waals surface area contributed by atoms with Gasteiger partial charge in [-0.15, -0.1) is 0 Å². The molecular weight excluding hydrogens is 164 g/mol. The first-order chi connectivity index (χ1) is 4.57. The highest BCUT2D eigenvalue weighted by Crippen LogP contribution is 2.07. The molecule has 4 heteroatoms. The predicted octanol–water partition coefficient (Wildman–Crippen LogP) is 1.01. The van der Waals surface area contributed by atoms with Gasteiger partial charge in [0.05, 0.1) is 0 Å². The largest absolute Gasteiger partial charge is 0.313 e. The van der Waals surface area contributed by atoms with E-state index >= 15 is 0 Å². The van der Waals surface area contributed by atoms with Gasteiger partial charge in [0, 0.05) is 6.17 Å². The lowest BCUT2D eigenvalue weighted by Gasteiger charge is -2.18. The molecule has 2 unspecified atom stereocenters. The van der Waals surface area contributed by atoms with Crippen LogP contribution in [0.2, 0.25) is 5.54 Å². The van der Waals surface area contributed by atoms with E-state index in [2.05, 4.69) is 31.1 Å². The summed E-state index contributed by atoms with van der Waals surface area (Å²) in [4.78, 5) is 3.32. The molecule has 0 amide bonds. The molecule has 0 heterocycles. The van der Waals surface area contributed by atoms with Crippen LogP contribution in [0.4, 0.5) is 0 Å². The van der Waals surface area contributed by atoms with Crippen molar-refractivity contribution in [2.75, 3.05) is 7.05 Å². The van der Waals surface area contributed by atoms with Crippen LogP contribution in [0, 0.1) is 0 Å². The molecule has 0 spiro atoms. The monoisotopic (exact) mass is 180 g/mol. The molecule has 2 atom stereocenters. The Morgan fingerprint density at radius 1 is 1.30 bits per heavy atom. The number of nitrogens with one attached hydrogen (secondary N) is 2. The summed E-state index contributed by atoms with van der Waals surface area (Å²) >= 11 is 6.08. The molecule has 0 aliphatic carbocycles. The van der Waals surface area contributed by atoms with Gasteiger partial charge in [-0.25, -0.2) is 0 Å². The molecule has 10 heavy (non-hydrogen) atoms. The lowest BCUT2D eigenvalue weighted by atomic mass is 10.6. The topological polar surface area (TPSA) is 24.1 Å². The van der Waals surface area contributed by atoms with Crippen molar-refractivity contribution in [3.8, 4) is 0 Å². The van der Waals surface area contributed by atoms with Crippen molar-refractivity contribution in [1.82, 2.24) is 10.3 Å². The maximum absolute atomic E-state index is 6.08. The zero-order valence-corrected chi connectivity index (χ0v) is 9.02. The van der Waals surface area contributed by atoms with Gasteiger partial charge in [-0.05, 0) is 19.5 Å². The molecule has 0 saturated carbocycles. The standard InChI is InChI=1S/C6H17ClN2Si/c1-5(2)10(7)9-6(3)8-4/h5-6,8-10H,1-4H3. The first-order valence-electron chi connectivity index (χ1n) is 3.65. The number of hydrogen-bond donors (Lipinski definition) is 2. The Kier molecular flexibility index (Phi) is 5.35. The van der Waals surface area contributed by atoms with Crippen LogP contribution in [0.5, 0.6) is 0 Å². The van der Waals surface area contributed by atoms with Crippen LogP contribution in [0.15, 0.2) is 0 Å². The summed E-state index contributed by atoms with van der Waals surface area (Å²) in [7, 11) is 0.735. The predicted molar refractivity (Wildman–Crippen MR) is 49.8 cm³/mol. The molecule has 2 N–H and O–H groups in total. The average molecular weight is 181 g/mol. The first kappa shape index (κ1) is 10.4. The molecule has 2 nitrogen and oxygen atoms in total. The number of rotatable bonds is 4. The van der Waals surface area contributed by atoms with Crippen LogP contribution in [0.25, 0.3) is 0 Å². The van der Waals surface area contributed by atoms with Crippen molar-refractivity contribution >= 4 is 19.3 Å². The fraction of sp³-hybridized carbons (Fsp3) is 1.00. The van der Waals surface area contributed by atoms with Gasteiger partial charge in [-0.1, -0.05) is 13.8 Å². The highest BCUT2D eigenvalue weighted by molar-refractivity contribution is 7.06. The normalized spacial score (nSPS) is 17.4. The smallest absolute Gasteiger partial charge is 0.214 e. The van der Waals surface area contributed by atoms with Crippen LogP contribution in [0.3, 0.4) is 0 Å². The van der Waals surface area contributed by atoms with Gasteiger partial charge < -0.3 is 10.3 Å². The van der Waals surface area contributed by atoms with E-state index in [0.717, 1.165) is 0 Å². The van der Waals surface area contributed by atoms with Crippen molar-refractivity contribution in [2.24, 2.45) is 0 Å². The van der Waals surface area contributed by atoms with E-state index in [4.69, 9.17) is 11.1 Å². The Hall–Kier alpha value is 0.427. The van der Waals surface area contributed by atoms with Crippen molar-refractivity contribution in [2.45, 2.75) is 32.5 Å². The second-order valence-electron chi connectivity index (χ2n) is 2.82. The minimum atomic E-state index is -1.19. The van der Waals surface area contributed by atoms with Gasteiger partial charge in [-0.2, -0.15) is 11.1 Å². The summed E-state index contributed by atoms with van der Waals surface area (Å²) < 4.78 is 0. The van der Waals surface area contributed by atoms with Crippen LogP contribution in [-0.4, -0.2) is 21.5 Å². The van der Waals surface area contributed by atoms with E-state index in [1.807, 2.05) is 7.05 Å². The van der Waals surface area contributed by atoms with Gasteiger partial charge in [0.25, 0.3) is 0 Å². The number of hydrogen-bond acceptors (Lipinski definition) is 2. The van der Waals surface area contributed by atoms with E-state index in [-0.39, 0.29) is 0 Å². The van der Waals surface area contributed by atoms with E-state index in [0.29, 0.717) is 11.7 Å². The highest BCUT2D eigenvalue weighted by Gasteiger charge is 2.13. The molecule has 0 fully saturated rings. The molecule has 0 bridgehead atoms. The van der Waals surface area contributed by atoms with Gasteiger partial charge in [0.15, 0.2) is 0 Å². The van der Waals surface area contributed by atoms with E-state index in [1.54, 1.807) is 0 Å². The summed E-state index contributed by atoms with van der Waals surface area (Å²) in [5.74, 6) is 0. The quantitative estimate of drug-likeness (QED) is 0.384. The Morgan fingerprint density at radius 3 is 2.10 bits per heavy atom. The Balaban J connectivity index is 3.46. The molecule has 62 valence electrons. The molecule has 0 aromatic heterocycles. The Labute approximate surface area is 69.7 Å². The van der Waals surface area contributed by atoms with Crippen LogP contribution < -0.4 is 10.3 Å². The number of halogens is 1. The SMILES string of the molecule is CNC(C)N[SiH](Cl)C(C)C. The minimum absolute atomic E-state index is 0.344. The molecule has 0 aromatic carbocycles. The highest BCUT2D eigenvalue weighted by atomic mass is 35.6. The third kappa shape index (κ3) is 4.28. The molecule has 0 radical (unpaired) electrons. The van der Waals surface area contributed by atoms with Crippen LogP contribution >= 0.6 is 11.1 Å². The maximum Gasteiger partial charge on any atom is 0.214 e. The average Bonchev–Trinajstić information content (AvgIpc) is 1.87. The molecular formula is C6H17ClN2Si. The lowest BCUT2D eigenvalue weighted by Crippen LogP contribution is -2.45. The lowest BCUT2D eigenvalue weighted by molar-refractivity contribution is 0.583. The van der Waals surface area contributed by atoms with Crippen LogP contribution in [0.1, 0.15) is 20.8 Å². The zero-order chi connectivity index (χ0) is 8.15. The van der Waals surface area contributed by atoms with Gasteiger partial charge in [-0.3, -0.25) is 0 Å². The summed E-state index contributed by atoms with van der Waals surface area (Å²) in [6.07, 6.45) is 0.344. The fourth-order valence-electron chi connectivity index (χ4n) is 0.515. The van der Waals surface area contributed by atoms with Crippen molar-refractivity contribution in [3.05, 3.63) is 0 Å². The summed E-state index contributed by atoms with van der Waals surface area (Å²) in [5, 5.41) is 3.09. The van der Waals surface area contributed by atoms with Crippen LogP contribution in [-0.2, 0) is 0 Å². The van der Waals surface area contributed by atoms with Gasteiger partial charge in [0.1, 0.15) is 0 Å². The molecule has 0 rings (SSSR count). The Bertz CT molecular complexity index is 89.8. The first-order valence-corrected chi connectivity index (χ1v) is 6.64. The van der Waals surface area contributed by atoms with E-state index < -0.39 is 8.27 Å². The molecule has 0 aliphatic rings. The fourth-order valence-corrected chi connectivity index (χ4v) is 2.11. The third-order valence-electron chi connectivity index (χ3n) is 1.43. The minimum Gasteiger partial charge on any atom is -0.313 e. The molecule has 0 saturated heterocycles. The summed E-state index contributed by atoms with van der Waals surface area (Å²) in [6.45, 7) is 6.38. The second-order valence-corrected chi connectivity index (χ2v) is 6.70. The Morgan fingerprint density at radius 2 is 1.80 bits per heavy atom. The maximum atomic E-state index is 6.08. The molecule has 0 aromatic rings.